The van der Waals surface area contributed by atoms with Crippen molar-refractivity contribution in [1.82, 2.24) is 14.4 Å². The summed E-state index contributed by atoms with van der Waals surface area (Å²) >= 11 is 0. The Morgan fingerprint density at radius 2 is 2.00 bits per heavy atom. The molecule has 1 atom stereocenters. The highest BCUT2D eigenvalue weighted by Gasteiger charge is 2.33. The number of hydrogen-bond acceptors (Lipinski definition) is 2. The predicted molar refractivity (Wildman–Crippen MR) is 101 cm³/mol. The van der Waals surface area contributed by atoms with Crippen molar-refractivity contribution in [3.05, 3.63) is 59.7 Å². The van der Waals surface area contributed by atoms with Gasteiger partial charge in [0.15, 0.2) is 0 Å². The van der Waals surface area contributed by atoms with E-state index in [0.717, 1.165) is 11.3 Å². The molecule has 6 heteroatoms. The third-order valence-corrected chi connectivity index (χ3v) is 5.04. The maximum atomic E-state index is 13.8. The molecular formula is C21H26FN3O2. The lowest BCUT2D eigenvalue weighted by atomic mass is 9.99. The van der Waals surface area contributed by atoms with E-state index in [0.29, 0.717) is 19.6 Å². The quantitative estimate of drug-likeness (QED) is 0.811. The predicted octanol–water partition coefficient (Wildman–Crippen LogP) is 3.06. The second kappa shape index (κ2) is 7.94. The van der Waals surface area contributed by atoms with Crippen molar-refractivity contribution in [2.75, 3.05) is 19.6 Å². The van der Waals surface area contributed by atoms with Gasteiger partial charge in [0.2, 0.25) is 11.8 Å². The lowest BCUT2D eigenvalue weighted by Gasteiger charge is -2.38. The SMILES string of the molecule is CCN(CC(=O)N1CCn2cccc2C1c1cccc(F)c1)C(=O)C(C)C. The van der Waals surface area contributed by atoms with Gasteiger partial charge in [-0.3, -0.25) is 9.59 Å². The summed E-state index contributed by atoms with van der Waals surface area (Å²) in [5.41, 5.74) is 1.69. The van der Waals surface area contributed by atoms with E-state index in [1.807, 2.05) is 45.2 Å². The average Bonchev–Trinajstić information content (AvgIpc) is 3.13. The first-order chi connectivity index (χ1) is 12.9. The minimum atomic E-state index is -0.357. The maximum absolute atomic E-state index is 13.8. The summed E-state index contributed by atoms with van der Waals surface area (Å²) in [5, 5.41) is 0. The number of fused-ring (bicyclic) bond motifs is 1. The Kier molecular flexibility index (Phi) is 5.63. The fourth-order valence-electron chi connectivity index (χ4n) is 3.64. The van der Waals surface area contributed by atoms with Crippen molar-refractivity contribution < 1.29 is 14.0 Å². The molecule has 1 aromatic heterocycles. The van der Waals surface area contributed by atoms with Gasteiger partial charge in [0, 0.05) is 37.4 Å². The molecule has 0 N–H and O–H groups in total. The molecule has 0 spiro atoms. The molecule has 0 radical (unpaired) electrons. The summed E-state index contributed by atoms with van der Waals surface area (Å²) in [5.74, 6) is -0.634. The summed E-state index contributed by atoms with van der Waals surface area (Å²) in [6.07, 6.45) is 1.98. The Hall–Kier alpha value is -2.63. The highest BCUT2D eigenvalue weighted by atomic mass is 19.1. The zero-order valence-electron chi connectivity index (χ0n) is 16.1. The molecule has 0 saturated carbocycles. The molecule has 1 aliphatic rings. The molecule has 0 fully saturated rings. The highest BCUT2D eigenvalue weighted by Crippen LogP contribution is 2.32. The summed E-state index contributed by atoms with van der Waals surface area (Å²) in [6.45, 7) is 7.27. The Morgan fingerprint density at radius 1 is 1.22 bits per heavy atom. The van der Waals surface area contributed by atoms with Gasteiger partial charge in [-0.2, -0.15) is 0 Å². The molecule has 0 aliphatic carbocycles. The van der Waals surface area contributed by atoms with Crippen molar-refractivity contribution in [2.45, 2.75) is 33.4 Å². The van der Waals surface area contributed by atoms with Crippen LogP contribution in [0.4, 0.5) is 4.39 Å². The highest BCUT2D eigenvalue weighted by molar-refractivity contribution is 5.86. The number of amides is 2. The third kappa shape index (κ3) is 3.89. The average molecular weight is 371 g/mol. The van der Waals surface area contributed by atoms with E-state index in [-0.39, 0.29) is 36.1 Å². The van der Waals surface area contributed by atoms with Crippen molar-refractivity contribution >= 4 is 11.8 Å². The van der Waals surface area contributed by atoms with Gasteiger partial charge in [0.05, 0.1) is 12.6 Å². The Morgan fingerprint density at radius 3 is 2.67 bits per heavy atom. The van der Waals surface area contributed by atoms with Crippen LogP contribution in [0.1, 0.15) is 38.1 Å². The minimum absolute atomic E-state index is 0.0338. The first-order valence-corrected chi connectivity index (χ1v) is 9.41. The molecule has 2 aromatic rings. The van der Waals surface area contributed by atoms with E-state index in [9.17, 15) is 14.0 Å². The Balaban J connectivity index is 1.91. The molecule has 0 bridgehead atoms. The fourth-order valence-corrected chi connectivity index (χ4v) is 3.64. The number of carbonyl (C=O) groups excluding carboxylic acids is 2. The van der Waals surface area contributed by atoms with Gasteiger partial charge in [0.25, 0.3) is 0 Å². The van der Waals surface area contributed by atoms with Gasteiger partial charge >= 0.3 is 0 Å². The van der Waals surface area contributed by atoms with Crippen molar-refractivity contribution in [3.63, 3.8) is 0 Å². The van der Waals surface area contributed by atoms with Crippen LogP contribution >= 0.6 is 0 Å². The topological polar surface area (TPSA) is 45.6 Å². The second-order valence-electron chi connectivity index (χ2n) is 7.18. The van der Waals surface area contributed by atoms with E-state index >= 15 is 0 Å². The van der Waals surface area contributed by atoms with Crippen LogP contribution in [0.3, 0.4) is 0 Å². The number of carbonyl (C=O) groups is 2. The van der Waals surface area contributed by atoms with Crippen molar-refractivity contribution in [2.24, 2.45) is 5.92 Å². The van der Waals surface area contributed by atoms with Crippen molar-refractivity contribution in [1.29, 1.82) is 0 Å². The number of rotatable bonds is 5. The van der Waals surface area contributed by atoms with Crippen LogP contribution in [0.5, 0.6) is 0 Å². The number of hydrogen-bond donors (Lipinski definition) is 0. The molecule has 1 unspecified atom stereocenters. The zero-order valence-corrected chi connectivity index (χ0v) is 16.1. The van der Waals surface area contributed by atoms with E-state index in [1.54, 1.807) is 15.9 Å². The zero-order chi connectivity index (χ0) is 19.6. The van der Waals surface area contributed by atoms with E-state index in [1.165, 1.54) is 12.1 Å². The van der Waals surface area contributed by atoms with Gasteiger partial charge in [-0.1, -0.05) is 26.0 Å². The molecule has 0 saturated heterocycles. The van der Waals surface area contributed by atoms with E-state index < -0.39 is 0 Å². The summed E-state index contributed by atoms with van der Waals surface area (Å²) in [4.78, 5) is 28.8. The van der Waals surface area contributed by atoms with Gasteiger partial charge < -0.3 is 14.4 Å². The lowest BCUT2D eigenvalue weighted by molar-refractivity contribution is -0.143. The Labute approximate surface area is 159 Å². The smallest absolute Gasteiger partial charge is 0.243 e. The van der Waals surface area contributed by atoms with Gasteiger partial charge in [-0.25, -0.2) is 4.39 Å². The molecular weight excluding hydrogens is 345 g/mol. The first kappa shape index (κ1) is 19.1. The van der Waals surface area contributed by atoms with Crippen molar-refractivity contribution in [3.8, 4) is 0 Å². The van der Waals surface area contributed by atoms with E-state index in [2.05, 4.69) is 4.57 Å². The minimum Gasteiger partial charge on any atom is -0.348 e. The molecule has 2 heterocycles. The normalized spacial score (nSPS) is 16.3. The molecule has 5 nitrogen and oxygen atoms in total. The molecule has 1 aliphatic heterocycles. The number of halogens is 1. The van der Waals surface area contributed by atoms with Crippen LogP contribution in [0.2, 0.25) is 0 Å². The number of nitrogens with zero attached hydrogens (tertiary/aromatic N) is 3. The standard InChI is InChI=1S/C21H26FN3O2/c1-4-23(21(27)15(2)3)14-19(26)25-12-11-24-10-6-9-18(24)20(25)16-7-5-8-17(22)13-16/h5-10,13,15,20H,4,11-12,14H2,1-3H3. The molecule has 144 valence electrons. The summed E-state index contributed by atoms with van der Waals surface area (Å²) in [6, 6.07) is 9.93. The van der Waals surface area contributed by atoms with Crippen LogP contribution in [0.25, 0.3) is 0 Å². The Bertz CT molecular complexity index is 830. The van der Waals surface area contributed by atoms with Crippen LogP contribution < -0.4 is 0 Å². The van der Waals surface area contributed by atoms with Crippen LogP contribution in [-0.4, -0.2) is 45.8 Å². The second-order valence-corrected chi connectivity index (χ2v) is 7.18. The molecule has 2 amide bonds. The number of benzene rings is 1. The van der Waals surface area contributed by atoms with Crippen LogP contribution in [-0.2, 0) is 16.1 Å². The fraction of sp³-hybridized carbons (Fsp3) is 0.429. The van der Waals surface area contributed by atoms with Gasteiger partial charge in [-0.05, 0) is 36.8 Å². The molecule has 3 rings (SSSR count). The summed E-state index contributed by atoms with van der Waals surface area (Å²) in [7, 11) is 0. The lowest BCUT2D eigenvalue weighted by Crippen LogP contribution is -2.48. The van der Waals surface area contributed by atoms with Gasteiger partial charge in [0.1, 0.15) is 5.82 Å². The van der Waals surface area contributed by atoms with Crippen LogP contribution in [0, 0.1) is 11.7 Å². The van der Waals surface area contributed by atoms with E-state index in [4.69, 9.17) is 0 Å². The summed E-state index contributed by atoms with van der Waals surface area (Å²) < 4.78 is 15.9. The maximum Gasteiger partial charge on any atom is 0.243 e. The monoisotopic (exact) mass is 371 g/mol. The van der Waals surface area contributed by atoms with Crippen LogP contribution in [0.15, 0.2) is 42.6 Å². The number of likely N-dealkylation sites (N-methyl/N-ethyl adjacent to an activating group) is 1. The molecule has 27 heavy (non-hydrogen) atoms. The number of aromatic nitrogens is 1. The first-order valence-electron chi connectivity index (χ1n) is 9.41. The van der Waals surface area contributed by atoms with Gasteiger partial charge in [-0.15, -0.1) is 0 Å². The largest absolute Gasteiger partial charge is 0.348 e. The molecule has 1 aromatic carbocycles. The third-order valence-electron chi connectivity index (χ3n) is 5.04.